The fourth-order valence-electron chi connectivity index (χ4n) is 2.58. The number of hydrogen-bond acceptors (Lipinski definition) is 3. The van der Waals surface area contributed by atoms with E-state index in [1.165, 1.54) is 0 Å². The Morgan fingerprint density at radius 3 is 2.42 bits per heavy atom. The summed E-state index contributed by atoms with van der Waals surface area (Å²) in [6.45, 7) is 0. The van der Waals surface area contributed by atoms with E-state index < -0.39 is 0 Å². The molecule has 1 atom stereocenters. The van der Waals surface area contributed by atoms with Crippen molar-refractivity contribution in [3.8, 4) is 5.75 Å². The SMILES string of the molecule is COc1ccc(NC(=S)N[C@H](c2ccc(Cl)cc2)c2nccn2C)cc1. The molecule has 7 heteroatoms. The number of aryl methyl sites for hydroxylation is 1. The van der Waals surface area contributed by atoms with E-state index in [9.17, 15) is 0 Å². The zero-order chi connectivity index (χ0) is 18.5. The molecule has 2 N–H and O–H groups in total. The maximum Gasteiger partial charge on any atom is 0.171 e. The molecule has 26 heavy (non-hydrogen) atoms. The third-order valence-electron chi connectivity index (χ3n) is 3.94. The van der Waals surface area contributed by atoms with Gasteiger partial charge < -0.3 is 19.9 Å². The minimum atomic E-state index is -0.203. The number of nitrogens with zero attached hydrogens (tertiary/aromatic N) is 2. The first-order valence-electron chi connectivity index (χ1n) is 8.01. The minimum Gasteiger partial charge on any atom is -0.497 e. The Labute approximate surface area is 163 Å². The van der Waals surface area contributed by atoms with E-state index in [1.54, 1.807) is 13.3 Å². The fraction of sp³-hybridized carbons (Fsp3) is 0.158. The van der Waals surface area contributed by atoms with Crippen LogP contribution in [-0.2, 0) is 7.05 Å². The van der Waals surface area contributed by atoms with Gasteiger partial charge in [-0.2, -0.15) is 0 Å². The molecule has 3 aromatic rings. The number of anilines is 1. The predicted molar refractivity (Wildman–Crippen MR) is 109 cm³/mol. The van der Waals surface area contributed by atoms with Gasteiger partial charge in [0.05, 0.1) is 7.11 Å². The van der Waals surface area contributed by atoms with E-state index in [2.05, 4.69) is 15.6 Å². The number of hydrogen-bond donors (Lipinski definition) is 2. The molecule has 0 aliphatic heterocycles. The topological polar surface area (TPSA) is 51.1 Å². The maximum atomic E-state index is 6.02. The summed E-state index contributed by atoms with van der Waals surface area (Å²) < 4.78 is 7.13. The predicted octanol–water partition coefficient (Wildman–Crippen LogP) is 4.16. The molecule has 0 saturated heterocycles. The Balaban J connectivity index is 1.79. The summed E-state index contributed by atoms with van der Waals surface area (Å²) in [6.07, 6.45) is 3.67. The Morgan fingerprint density at radius 2 is 1.85 bits per heavy atom. The monoisotopic (exact) mass is 386 g/mol. The van der Waals surface area contributed by atoms with Crippen LogP contribution < -0.4 is 15.4 Å². The van der Waals surface area contributed by atoms with E-state index in [0.717, 1.165) is 22.8 Å². The highest BCUT2D eigenvalue weighted by Gasteiger charge is 2.19. The lowest BCUT2D eigenvalue weighted by Crippen LogP contribution is -2.34. The van der Waals surface area contributed by atoms with Gasteiger partial charge in [0, 0.05) is 30.2 Å². The normalized spacial score (nSPS) is 11.7. The number of imidazole rings is 1. The smallest absolute Gasteiger partial charge is 0.171 e. The highest BCUT2D eigenvalue weighted by molar-refractivity contribution is 7.80. The number of nitrogens with one attached hydrogen (secondary N) is 2. The lowest BCUT2D eigenvalue weighted by Gasteiger charge is -2.21. The van der Waals surface area contributed by atoms with Gasteiger partial charge in [0.15, 0.2) is 5.11 Å². The summed E-state index contributed by atoms with van der Waals surface area (Å²) in [5.41, 5.74) is 1.89. The standard InChI is InChI=1S/C19H19ClN4OS/c1-24-12-11-21-18(24)17(13-3-5-14(20)6-4-13)23-19(26)22-15-7-9-16(25-2)10-8-15/h3-12,17H,1-2H3,(H2,22,23,26)/t17-/m1/s1. The first kappa shape index (κ1) is 18.2. The van der Waals surface area contributed by atoms with E-state index in [4.69, 9.17) is 28.6 Å². The lowest BCUT2D eigenvalue weighted by molar-refractivity contribution is 0.415. The van der Waals surface area contributed by atoms with Crippen molar-refractivity contribution in [3.63, 3.8) is 0 Å². The molecule has 0 radical (unpaired) electrons. The van der Waals surface area contributed by atoms with Gasteiger partial charge in [0.25, 0.3) is 0 Å². The average Bonchev–Trinajstić information content (AvgIpc) is 3.07. The third-order valence-corrected chi connectivity index (χ3v) is 4.42. The van der Waals surface area contributed by atoms with Crippen molar-refractivity contribution in [1.82, 2.24) is 14.9 Å². The molecule has 5 nitrogen and oxygen atoms in total. The van der Waals surface area contributed by atoms with Crippen LogP contribution >= 0.6 is 23.8 Å². The number of ether oxygens (including phenoxy) is 1. The summed E-state index contributed by atoms with van der Waals surface area (Å²) in [7, 11) is 3.59. The Kier molecular flexibility index (Phi) is 5.75. The van der Waals surface area contributed by atoms with Gasteiger partial charge in [-0.1, -0.05) is 23.7 Å². The molecule has 0 unspecified atom stereocenters. The molecule has 1 aromatic heterocycles. The van der Waals surface area contributed by atoms with Crippen molar-refractivity contribution < 1.29 is 4.74 Å². The summed E-state index contributed by atoms with van der Waals surface area (Å²) in [6, 6.07) is 15.0. The molecular formula is C19H19ClN4OS. The van der Waals surface area contributed by atoms with Gasteiger partial charge in [0.2, 0.25) is 0 Å². The van der Waals surface area contributed by atoms with Crippen LogP contribution in [0.3, 0.4) is 0 Å². The number of halogens is 1. The second-order valence-corrected chi connectivity index (χ2v) is 6.55. The summed E-state index contributed by atoms with van der Waals surface area (Å²) in [4.78, 5) is 4.46. The second-order valence-electron chi connectivity index (χ2n) is 5.71. The van der Waals surface area contributed by atoms with E-state index >= 15 is 0 Å². The molecule has 2 aromatic carbocycles. The molecule has 134 valence electrons. The third kappa shape index (κ3) is 4.33. The molecule has 3 rings (SSSR count). The van der Waals surface area contributed by atoms with Crippen LogP contribution in [0, 0.1) is 0 Å². The van der Waals surface area contributed by atoms with Crippen LogP contribution in [0.15, 0.2) is 60.9 Å². The van der Waals surface area contributed by atoms with Crippen molar-refractivity contribution in [2.24, 2.45) is 7.05 Å². The average molecular weight is 387 g/mol. The van der Waals surface area contributed by atoms with Crippen molar-refractivity contribution in [2.45, 2.75) is 6.04 Å². The van der Waals surface area contributed by atoms with Gasteiger partial charge in [-0.25, -0.2) is 4.98 Å². The maximum absolute atomic E-state index is 6.02. The van der Waals surface area contributed by atoms with Crippen molar-refractivity contribution in [1.29, 1.82) is 0 Å². The van der Waals surface area contributed by atoms with Crippen LogP contribution in [0.2, 0.25) is 5.02 Å². The van der Waals surface area contributed by atoms with E-state index in [1.807, 2.05) is 66.3 Å². The highest BCUT2D eigenvalue weighted by atomic mass is 35.5. The minimum absolute atomic E-state index is 0.203. The number of rotatable bonds is 5. The zero-order valence-corrected chi connectivity index (χ0v) is 16.0. The molecular weight excluding hydrogens is 368 g/mol. The van der Waals surface area contributed by atoms with E-state index in [0.29, 0.717) is 10.1 Å². The molecule has 0 fully saturated rings. The zero-order valence-electron chi connectivity index (χ0n) is 14.4. The lowest BCUT2D eigenvalue weighted by atomic mass is 10.1. The number of methoxy groups -OCH3 is 1. The summed E-state index contributed by atoms with van der Waals surface area (Å²) in [5.74, 6) is 1.65. The van der Waals surface area contributed by atoms with Crippen molar-refractivity contribution in [3.05, 3.63) is 77.3 Å². The number of thiocarbonyl (C=S) groups is 1. The van der Waals surface area contributed by atoms with Gasteiger partial charge in [-0.3, -0.25) is 0 Å². The van der Waals surface area contributed by atoms with Gasteiger partial charge >= 0.3 is 0 Å². The quantitative estimate of drug-likeness (QED) is 0.645. The molecule has 0 spiro atoms. The van der Waals surface area contributed by atoms with Gasteiger partial charge in [-0.05, 0) is 54.2 Å². The molecule has 0 aliphatic rings. The first-order chi connectivity index (χ1) is 12.6. The van der Waals surface area contributed by atoms with Crippen LogP contribution in [-0.4, -0.2) is 21.8 Å². The summed E-state index contributed by atoms with van der Waals surface area (Å²) in [5, 5.41) is 7.71. The summed E-state index contributed by atoms with van der Waals surface area (Å²) >= 11 is 11.5. The highest BCUT2D eigenvalue weighted by Crippen LogP contribution is 2.23. The molecule has 0 bridgehead atoms. The van der Waals surface area contributed by atoms with Crippen LogP contribution in [0.25, 0.3) is 0 Å². The molecule has 0 amide bonds. The second kappa shape index (κ2) is 8.21. The van der Waals surface area contributed by atoms with Crippen molar-refractivity contribution >= 4 is 34.6 Å². The molecule has 0 aliphatic carbocycles. The Hall–Kier alpha value is -2.57. The largest absolute Gasteiger partial charge is 0.497 e. The van der Waals surface area contributed by atoms with Crippen LogP contribution in [0.1, 0.15) is 17.4 Å². The van der Waals surface area contributed by atoms with Crippen LogP contribution in [0.4, 0.5) is 5.69 Å². The van der Waals surface area contributed by atoms with Crippen LogP contribution in [0.5, 0.6) is 5.75 Å². The molecule has 1 heterocycles. The first-order valence-corrected chi connectivity index (χ1v) is 8.79. The van der Waals surface area contributed by atoms with Crippen molar-refractivity contribution in [2.75, 3.05) is 12.4 Å². The Morgan fingerprint density at radius 1 is 1.15 bits per heavy atom. The van der Waals surface area contributed by atoms with Gasteiger partial charge in [0.1, 0.15) is 17.6 Å². The molecule has 0 saturated carbocycles. The fourth-order valence-corrected chi connectivity index (χ4v) is 2.94. The van der Waals surface area contributed by atoms with E-state index in [-0.39, 0.29) is 6.04 Å². The Bertz CT molecular complexity index is 877. The van der Waals surface area contributed by atoms with Gasteiger partial charge in [-0.15, -0.1) is 0 Å². The number of benzene rings is 2. The number of aromatic nitrogens is 2.